The Balaban J connectivity index is 1.43. The number of nitrogens with zero attached hydrogens (tertiary/aromatic N) is 1. The number of nitrogens with one attached hydrogen (secondary N) is 3. The molecule has 244 valence electrons. The van der Waals surface area contributed by atoms with Crippen LogP contribution in [0.15, 0.2) is 69.4 Å². The standard InChI is InChI=1S/C31H30BrCl2IN4O7/c1-4-44-25-11-18(28-27(30(41)43-3)16(2)37-31(42)38-28)6-8-24(25)45-15-26(40)39-36-13-19-10-20(32)12-23(35)29(19)46-14-17-5-7-21(33)22(34)9-17/h5-13,26,28,39-40H,4,14-15H2,1-3H3,(H2,37,38,42)/b36-13+/t26-,28-/m0/s1. The summed E-state index contributed by atoms with van der Waals surface area (Å²) in [5.41, 5.74) is 5.38. The number of amides is 2. The zero-order chi connectivity index (χ0) is 33.4. The predicted molar refractivity (Wildman–Crippen MR) is 187 cm³/mol. The summed E-state index contributed by atoms with van der Waals surface area (Å²) >= 11 is 17.8. The number of carbonyl (C=O) groups excluding carboxylic acids is 2. The van der Waals surface area contributed by atoms with Gasteiger partial charge in [0.2, 0.25) is 0 Å². The maximum Gasteiger partial charge on any atom is 0.337 e. The summed E-state index contributed by atoms with van der Waals surface area (Å²) in [5, 5.41) is 21.0. The van der Waals surface area contributed by atoms with Crippen molar-refractivity contribution in [3.63, 3.8) is 0 Å². The molecule has 2 atom stereocenters. The van der Waals surface area contributed by atoms with E-state index in [9.17, 15) is 14.7 Å². The van der Waals surface area contributed by atoms with E-state index in [0.29, 0.717) is 50.7 Å². The Hall–Kier alpha value is -3.24. The summed E-state index contributed by atoms with van der Waals surface area (Å²) in [4.78, 5) is 24.7. The number of rotatable bonds is 13. The van der Waals surface area contributed by atoms with Gasteiger partial charge in [-0.2, -0.15) is 5.10 Å². The first-order chi connectivity index (χ1) is 22.0. The molecule has 0 bridgehead atoms. The Morgan fingerprint density at radius 2 is 1.91 bits per heavy atom. The number of aliphatic hydroxyl groups is 1. The second-order valence-corrected chi connectivity index (χ2v) is 12.7. The topological polar surface area (TPSA) is 140 Å². The number of benzene rings is 3. The zero-order valence-corrected chi connectivity index (χ0v) is 30.1. The molecule has 4 rings (SSSR count). The maximum absolute atomic E-state index is 12.5. The molecule has 1 aliphatic rings. The largest absolute Gasteiger partial charge is 0.490 e. The van der Waals surface area contributed by atoms with Crippen LogP contribution in [-0.2, 0) is 16.1 Å². The summed E-state index contributed by atoms with van der Waals surface area (Å²) in [6.45, 7) is 3.83. The Bertz CT molecular complexity index is 1670. The lowest BCUT2D eigenvalue weighted by atomic mass is 9.95. The number of esters is 1. The lowest BCUT2D eigenvalue weighted by Crippen LogP contribution is -2.45. The first kappa shape index (κ1) is 35.6. The minimum Gasteiger partial charge on any atom is -0.490 e. The van der Waals surface area contributed by atoms with E-state index < -0.39 is 24.3 Å². The van der Waals surface area contributed by atoms with E-state index in [1.54, 1.807) is 37.3 Å². The molecule has 0 spiro atoms. The summed E-state index contributed by atoms with van der Waals surface area (Å²) in [6, 6.07) is 12.8. The van der Waals surface area contributed by atoms with Gasteiger partial charge in [0, 0.05) is 15.7 Å². The smallest absolute Gasteiger partial charge is 0.337 e. The van der Waals surface area contributed by atoms with Gasteiger partial charge in [-0.05, 0) is 84.0 Å². The number of halogens is 4. The highest BCUT2D eigenvalue weighted by Gasteiger charge is 2.32. The Kier molecular flexibility index (Phi) is 12.8. The Labute approximate surface area is 297 Å². The number of hydrazone groups is 1. The average Bonchev–Trinajstić information content (AvgIpc) is 3.01. The van der Waals surface area contributed by atoms with Gasteiger partial charge in [-0.25, -0.2) is 9.59 Å². The van der Waals surface area contributed by atoms with Crippen LogP contribution in [-0.4, -0.2) is 49.9 Å². The number of methoxy groups -OCH3 is 1. The van der Waals surface area contributed by atoms with Crippen molar-refractivity contribution < 1.29 is 33.6 Å². The fraction of sp³-hybridized carbons (Fsp3) is 0.258. The van der Waals surface area contributed by atoms with E-state index in [-0.39, 0.29) is 18.8 Å². The van der Waals surface area contributed by atoms with Gasteiger partial charge >= 0.3 is 12.0 Å². The lowest BCUT2D eigenvalue weighted by molar-refractivity contribution is -0.136. The number of hydrogen-bond acceptors (Lipinski definition) is 9. The van der Waals surface area contributed by atoms with Gasteiger partial charge in [-0.15, -0.1) is 0 Å². The molecule has 0 saturated heterocycles. The molecular formula is C31H30BrCl2IN4O7. The molecule has 0 saturated carbocycles. The molecule has 3 aromatic rings. The van der Waals surface area contributed by atoms with Crippen LogP contribution in [0.2, 0.25) is 10.0 Å². The van der Waals surface area contributed by atoms with E-state index >= 15 is 0 Å². The first-order valence-corrected chi connectivity index (χ1v) is 16.4. The SMILES string of the molecule is CCOc1cc([C@@H]2NC(=O)NC(C)=C2C(=O)OC)ccc1OC[C@H](O)N/N=C/c1cc(Br)cc(I)c1OCc1ccc(Cl)c(Cl)c1. The summed E-state index contributed by atoms with van der Waals surface area (Å²) in [5.74, 6) is 0.720. The number of aliphatic hydroxyl groups excluding tert-OH is 1. The van der Waals surface area contributed by atoms with Crippen molar-refractivity contribution in [2.45, 2.75) is 32.7 Å². The van der Waals surface area contributed by atoms with Crippen molar-refractivity contribution in [2.75, 3.05) is 20.3 Å². The van der Waals surface area contributed by atoms with Gasteiger partial charge in [-0.1, -0.05) is 51.3 Å². The molecule has 0 unspecified atom stereocenters. The van der Waals surface area contributed by atoms with Crippen molar-refractivity contribution in [3.8, 4) is 17.2 Å². The molecule has 3 aromatic carbocycles. The normalized spacial score (nSPS) is 15.2. The molecule has 0 aromatic heterocycles. The number of allylic oxidation sites excluding steroid dienone is 1. The molecule has 0 fully saturated rings. The fourth-order valence-electron chi connectivity index (χ4n) is 4.43. The molecule has 1 aliphatic heterocycles. The van der Waals surface area contributed by atoms with Crippen molar-refractivity contribution >= 4 is 79.9 Å². The van der Waals surface area contributed by atoms with Crippen LogP contribution in [0.4, 0.5) is 4.79 Å². The van der Waals surface area contributed by atoms with Crippen LogP contribution in [0.5, 0.6) is 17.2 Å². The third kappa shape index (κ3) is 9.18. The van der Waals surface area contributed by atoms with Crippen LogP contribution in [0.25, 0.3) is 0 Å². The van der Waals surface area contributed by atoms with E-state index in [0.717, 1.165) is 13.6 Å². The van der Waals surface area contributed by atoms with Crippen LogP contribution in [0, 0.1) is 3.57 Å². The Morgan fingerprint density at radius 1 is 1.13 bits per heavy atom. The highest BCUT2D eigenvalue weighted by atomic mass is 127. The maximum atomic E-state index is 12.5. The van der Waals surface area contributed by atoms with Crippen LogP contribution in [0.3, 0.4) is 0 Å². The van der Waals surface area contributed by atoms with Gasteiger partial charge in [-0.3, -0.25) is 5.43 Å². The van der Waals surface area contributed by atoms with Gasteiger partial charge in [0.25, 0.3) is 0 Å². The minimum atomic E-state index is -1.18. The second-order valence-electron chi connectivity index (χ2n) is 9.76. The van der Waals surface area contributed by atoms with Crippen molar-refractivity contribution in [2.24, 2.45) is 5.10 Å². The van der Waals surface area contributed by atoms with Crippen molar-refractivity contribution in [1.29, 1.82) is 0 Å². The van der Waals surface area contributed by atoms with Crippen LogP contribution < -0.4 is 30.3 Å². The third-order valence-electron chi connectivity index (χ3n) is 6.50. The molecule has 15 heteroatoms. The number of ether oxygens (including phenoxy) is 4. The second kappa shape index (κ2) is 16.5. The van der Waals surface area contributed by atoms with E-state index in [4.69, 9.17) is 42.1 Å². The fourth-order valence-corrected chi connectivity index (χ4v) is 6.46. The average molecular weight is 848 g/mol. The van der Waals surface area contributed by atoms with Crippen LogP contribution >= 0.6 is 61.7 Å². The molecule has 11 nitrogen and oxygen atoms in total. The number of hydrogen-bond donors (Lipinski definition) is 4. The molecule has 1 heterocycles. The quantitative estimate of drug-likeness (QED) is 0.0506. The summed E-state index contributed by atoms with van der Waals surface area (Å²) in [6.07, 6.45) is 0.347. The zero-order valence-electron chi connectivity index (χ0n) is 24.8. The number of carbonyl (C=O) groups is 2. The Morgan fingerprint density at radius 3 is 2.63 bits per heavy atom. The highest BCUT2D eigenvalue weighted by Crippen LogP contribution is 2.35. The summed E-state index contributed by atoms with van der Waals surface area (Å²) in [7, 11) is 1.27. The van der Waals surface area contributed by atoms with Gasteiger partial charge in [0.1, 0.15) is 19.0 Å². The number of urea groups is 1. The highest BCUT2D eigenvalue weighted by molar-refractivity contribution is 14.1. The molecular weight excluding hydrogens is 818 g/mol. The molecule has 2 amide bonds. The van der Waals surface area contributed by atoms with Crippen molar-refractivity contribution in [3.05, 3.63) is 94.6 Å². The van der Waals surface area contributed by atoms with Gasteiger partial charge < -0.3 is 34.7 Å². The van der Waals surface area contributed by atoms with E-state index in [1.807, 2.05) is 25.1 Å². The molecule has 46 heavy (non-hydrogen) atoms. The third-order valence-corrected chi connectivity index (χ3v) is 8.50. The first-order valence-electron chi connectivity index (χ1n) is 13.8. The van der Waals surface area contributed by atoms with Gasteiger partial charge in [0.05, 0.1) is 45.2 Å². The predicted octanol–water partition coefficient (Wildman–Crippen LogP) is 6.46. The van der Waals surface area contributed by atoms with E-state index in [1.165, 1.54) is 13.3 Å². The lowest BCUT2D eigenvalue weighted by Gasteiger charge is -2.28. The summed E-state index contributed by atoms with van der Waals surface area (Å²) < 4.78 is 24.3. The van der Waals surface area contributed by atoms with E-state index in [2.05, 4.69) is 59.7 Å². The minimum absolute atomic E-state index is 0.177. The van der Waals surface area contributed by atoms with Crippen LogP contribution in [0.1, 0.15) is 36.6 Å². The monoisotopic (exact) mass is 846 g/mol. The van der Waals surface area contributed by atoms with Gasteiger partial charge in [0.15, 0.2) is 17.7 Å². The van der Waals surface area contributed by atoms with Crippen molar-refractivity contribution in [1.82, 2.24) is 16.1 Å². The molecule has 4 N–H and O–H groups in total. The molecule has 0 aliphatic carbocycles. The molecule has 0 radical (unpaired) electrons.